The van der Waals surface area contributed by atoms with Crippen LogP contribution in [0.5, 0.6) is 5.75 Å². The summed E-state index contributed by atoms with van der Waals surface area (Å²) in [7, 11) is 1.51. The molecule has 2 amide bonds. The minimum atomic E-state index is -0.692. The van der Waals surface area contributed by atoms with Crippen LogP contribution in [0.2, 0.25) is 0 Å². The van der Waals surface area contributed by atoms with Gasteiger partial charge in [0.05, 0.1) is 0 Å². The van der Waals surface area contributed by atoms with Gasteiger partial charge in [-0.15, -0.1) is 0 Å². The molecule has 1 atom stereocenters. The first-order valence-corrected chi connectivity index (χ1v) is 9.25. The molecule has 0 heterocycles. The van der Waals surface area contributed by atoms with E-state index in [9.17, 15) is 14.0 Å². The Kier molecular flexibility index (Phi) is 7.36. The first kappa shape index (κ1) is 20.9. The van der Waals surface area contributed by atoms with E-state index in [2.05, 4.69) is 21.2 Å². The summed E-state index contributed by atoms with van der Waals surface area (Å²) in [4.78, 5) is 26.2. The average Bonchev–Trinajstić information content (AvgIpc) is 2.67. The van der Waals surface area contributed by atoms with Gasteiger partial charge in [0.1, 0.15) is 17.6 Å². The lowest BCUT2D eigenvalue weighted by atomic mass is 10.1. The Morgan fingerprint density at radius 3 is 2.48 bits per heavy atom. The van der Waals surface area contributed by atoms with E-state index in [0.717, 1.165) is 15.6 Å². The fraction of sp³-hybridized carbons (Fsp3) is 0.300. The van der Waals surface area contributed by atoms with Crippen molar-refractivity contribution < 1.29 is 18.7 Å². The maximum Gasteiger partial charge on any atom is 0.261 e. The third kappa shape index (κ3) is 5.79. The van der Waals surface area contributed by atoms with Gasteiger partial charge in [-0.05, 0) is 55.3 Å². The normalized spacial score (nSPS) is 11.6. The Labute approximate surface area is 166 Å². The number of halogens is 2. The largest absolute Gasteiger partial charge is 0.484 e. The average molecular weight is 437 g/mol. The van der Waals surface area contributed by atoms with Crippen LogP contribution in [0, 0.1) is 12.7 Å². The predicted octanol–water partition coefficient (Wildman–Crippen LogP) is 3.44. The molecule has 7 heteroatoms. The van der Waals surface area contributed by atoms with Crippen LogP contribution in [-0.2, 0) is 16.1 Å². The van der Waals surface area contributed by atoms with E-state index in [0.29, 0.717) is 5.75 Å². The molecule has 5 nitrogen and oxygen atoms in total. The van der Waals surface area contributed by atoms with E-state index < -0.39 is 6.04 Å². The van der Waals surface area contributed by atoms with E-state index in [1.54, 1.807) is 25.1 Å². The first-order valence-electron chi connectivity index (χ1n) is 8.46. The molecule has 0 aromatic heterocycles. The zero-order chi connectivity index (χ0) is 20.0. The maximum absolute atomic E-state index is 13.1. The molecule has 0 aliphatic carbocycles. The summed E-state index contributed by atoms with van der Waals surface area (Å²) in [6.45, 7) is 3.54. The van der Waals surface area contributed by atoms with Gasteiger partial charge in [0.2, 0.25) is 5.91 Å². The van der Waals surface area contributed by atoms with Crippen molar-refractivity contribution in [2.75, 3.05) is 13.7 Å². The van der Waals surface area contributed by atoms with Crippen molar-refractivity contribution in [3.05, 3.63) is 63.9 Å². The molecule has 2 aromatic rings. The SMILES string of the molecule is CNC(=O)[C@@H](C)N(Cc1ccc(F)cc1)C(=O)COc1ccc(Br)c(C)c1. The van der Waals surface area contributed by atoms with E-state index in [-0.39, 0.29) is 30.8 Å². The summed E-state index contributed by atoms with van der Waals surface area (Å²) >= 11 is 3.42. The van der Waals surface area contributed by atoms with Crippen LogP contribution in [0.3, 0.4) is 0 Å². The van der Waals surface area contributed by atoms with Gasteiger partial charge in [0.25, 0.3) is 5.91 Å². The first-order chi connectivity index (χ1) is 12.8. The number of rotatable bonds is 7. The lowest BCUT2D eigenvalue weighted by Gasteiger charge is -2.28. The summed E-state index contributed by atoms with van der Waals surface area (Å²) in [5.41, 5.74) is 1.71. The van der Waals surface area contributed by atoms with Gasteiger partial charge in [-0.1, -0.05) is 28.1 Å². The predicted molar refractivity (Wildman–Crippen MR) is 105 cm³/mol. The second kappa shape index (κ2) is 9.50. The number of amides is 2. The van der Waals surface area contributed by atoms with E-state index >= 15 is 0 Å². The lowest BCUT2D eigenvalue weighted by Crippen LogP contribution is -2.48. The van der Waals surface area contributed by atoms with Crippen molar-refractivity contribution in [2.24, 2.45) is 0 Å². The summed E-state index contributed by atoms with van der Waals surface area (Å²) in [6, 6.07) is 10.6. The Morgan fingerprint density at radius 1 is 1.22 bits per heavy atom. The summed E-state index contributed by atoms with van der Waals surface area (Å²) in [5, 5.41) is 2.54. The number of aryl methyl sites for hydroxylation is 1. The molecular formula is C20H22BrFN2O3. The molecule has 0 unspecified atom stereocenters. The van der Waals surface area contributed by atoms with E-state index in [1.807, 2.05) is 19.1 Å². The van der Waals surface area contributed by atoms with Crippen molar-refractivity contribution in [3.8, 4) is 5.75 Å². The Balaban J connectivity index is 2.12. The van der Waals surface area contributed by atoms with Crippen molar-refractivity contribution in [3.63, 3.8) is 0 Å². The summed E-state index contributed by atoms with van der Waals surface area (Å²) in [5.74, 6) is -0.413. The minimum absolute atomic E-state index is 0.177. The highest BCUT2D eigenvalue weighted by molar-refractivity contribution is 9.10. The molecule has 0 aliphatic heterocycles. The van der Waals surface area contributed by atoms with Gasteiger partial charge in [-0.3, -0.25) is 9.59 Å². The molecule has 2 aromatic carbocycles. The van der Waals surface area contributed by atoms with Gasteiger partial charge >= 0.3 is 0 Å². The van der Waals surface area contributed by atoms with Crippen molar-refractivity contribution in [2.45, 2.75) is 26.4 Å². The zero-order valence-electron chi connectivity index (χ0n) is 15.5. The fourth-order valence-electron chi connectivity index (χ4n) is 2.51. The number of nitrogens with one attached hydrogen (secondary N) is 1. The van der Waals surface area contributed by atoms with Crippen molar-refractivity contribution in [1.82, 2.24) is 10.2 Å². The second-order valence-corrected chi connectivity index (χ2v) is 6.99. The van der Waals surface area contributed by atoms with Crippen LogP contribution in [-0.4, -0.2) is 36.4 Å². The van der Waals surface area contributed by atoms with Crippen LogP contribution in [0.25, 0.3) is 0 Å². The molecule has 0 radical (unpaired) electrons. The van der Waals surface area contributed by atoms with Crippen LogP contribution in [0.1, 0.15) is 18.1 Å². The number of nitrogens with zero attached hydrogens (tertiary/aromatic N) is 1. The van der Waals surface area contributed by atoms with Gasteiger partial charge in [0, 0.05) is 18.1 Å². The number of likely N-dealkylation sites (N-methyl/N-ethyl adjacent to an activating group) is 1. The van der Waals surface area contributed by atoms with Crippen molar-refractivity contribution >= 4 is 27.7 Å². The fourth-order valence-corrected chi connectivity index (χ4v) is 2.76. The Hall–Kier alpha value is -2.41. The summed E-state index contributed by atoms with van der Waals surface area (Å²) < 4.78 is 19.7. The quantitative estimate of drug-likeness (QED) is 0.722. The highest BCUT2D eigenvalue weighted by Gasteiger charge is 2.25. The third-order valence-electron chi connectivity index (χ3n) is 4.17. The van der Waals surface area contributed by atoms with Crippen LogP contribution >= 0.6 is 15.9 Å². The minimum Gasteiger partial charge on any atom is -0.484 e. The van der Waals surface area contributed by atoms with E-state index in [1.165, 1.54) is 24.1 Å². The van der Waals surface area contributed by atoms with Crippen LogP contribution in [0.4, 0.5) is 4.39 Å². The van der Waals surface area contributed by atoms with Crippen LogP contribution in [0.15, 0.2) is 46.9 Å². The van der Waals surface area contributed by atoms with Gasteiger partial charge in [-0.25, -0.2) is 4.39 Å². The highest BCUT2D eigenvalue weighted by Crippen LogP contribution is 2.21. The molecule has 0 saturated carbocycles. The smallest absolute Gasteiger partial charge is 0.261 e. The topological polar surface area (TPSA) is 58.6 Å². The monoisotopic (exact) mass is 436 g/mol. The van der Waals surface area contributed by atoms with Gasteiger partial charge < -0.3 is 15.0 Å². The standard InChI is InChI=1S/C20H22BrFN2O3/c1-13-10-17(8-9-18(13)21)27-12-19(25)24(14(2)20(26)23-3)11-15-4-6-16(22)7-5-15/h4-10,14H,11-12H2,1-3H3,(H,23,26)/t14-/m1/s1. The molecule has 1 N–H and O–H groups in total. The lowest BCUT2D eigenvalue weighted by molar-refractivity contribution is -0.142. The zero-order valence-corrected chi connectivity index (χ0v) is 17.0. The maximum atomic E-state index is 13.1. The second-order valence-electron chi connectivity index (χ2n) is 6.14. The number of hydrogen-bond donors (Lipinski definition) is 1. The van der Waals surface area contributed by atoms with E-state index in [4.69, 9.17) is 4.74 Å². The summed E-state index contributed by atoms with van der Waals surface area (Å²) in [6.07, 6.45) is 0. The molecule has 0 fully saturated rings. The number of carbonyl (C=O) groups is 2. The Morgan fingerprint density at radius 2 is 1.89 bits per heavy atom. The third-order valence-corrected chi connectivity index (χ3v) is 5.06. The molecule has 0 aliphatic rings. The van der Waals surface area contributed by atoms with Crippen molar-refractivity contribution in [1.29, 1.82) is 0 Å². The molecular weight excluding hydrogens is 415 g/mol. The van der Waals surface area contributed by atoms with Gasteiger partial charge in [0.15, 0.2) is 6.61 Å². The molecule has 144 valence electrons. The highest BCUT2D eigenvalue weighted by atomic mass is 79.9. The van der Waals surface area contributed by atoms with Crippen LogP contribution < -0.4 is 10.1 Å². The number of hydrogen-bond acceptors (Lipinski definition) is 3. The Bertz CT molecular complexity index is 811. The van der Waals surface area contributed by atoms with Gasteiger partial charge in [-0.2, -0.15) is 0 Å². The molecule has 0 spiro atoms. The molecule has 0 saturated heterocycles. The number of benzene rings is 2. The molecule has 0 bridgehead atoms. The number of carbonyl (C=O) groups excluding carboxylic acids is 2. The molecule has 2 rings (SSSR count). The number of ether oxygens (including phenoxy) is 1. The molecule has 27 heavy (non-hydrogen) atoms.